The van der Waals surface area contributed by atoms with Crippen LogP contribution in [0.15, 0.2) is 22.6 Å². The second kappa shape index (κ2) is 4.75. The van der Waals surface area contributed by atoms with E-state index in [1.165, 1.54) is 0 Å². The third kappa shape index (κ3) is 2.26. The maximum absolute atomic E-state index is 6.10. The number of benzene rings is 1. The molecule has 1 aromatic carbocycles. The van der Waals surface area contributed by atoms with Gasteiger partial charge in [0, 0.05) is 6.07 Å². The Balaban J connectivity index is 2.37. The van der Waals surface area contributed by atoms with E-state index in [2.05, 4.69) is 18.8 Å². The molecule has 2 atom stereocenters. The molecule has 0 saturated heterocycles. The Morgan fingerprint density at radius 2 is 2.24 bits per heavy atom. The van der Waals surface area contributed by atoms with E-state index in [4.69, 9.17) is 14.9 Å². The predicted molar refractivity (Wildman–Crippen MR) is 66.9 cm³/mol. The van der Waals surface area contributed by atoms with E-state index < -0.39 is 0 Å². The van der Waals surface area contributed by atoms with Crippen LogP contribution in [0.2, 0.25) is 0 Å². The van der Waals surface area contributed by atoms with Crippen molar-refractivity contribution in [3.05, 3.63) is 24.1 Å². The highest BCUT2D eigenvalue weighted by Crippen LogP contribution is 2.27. The summed E-state index contributed by atoms with van der Waals surface area (Å²) in [5, 5.41) is 0. The molecule has 2 aromatic rings. The first kappa shape index (κ1) is 11.9. The lowest BCUT2D eigenvalue weighted by atomic mass is 10.0. The van der Waals surface area contributed by atoms with Gasteiger partial charge >= 0.3 is 0 Å². The Morgan fingerprint density at radius 1 is 1.47 bits per heavy atom. The van der Waals surface area contributed by atoms with Crippen LogP contribution in [0.3, 0.4) is 0 Å². The van der Waals surface area contributed by atoms with Gasteiger partial charge in [0.2, 0.25) is 5.89 Å². The summed E-state index contributed by atoms with van der Waals surface area (Å²) in [6.07, 6.45) is 1.00. The summed E-state index contributed by atoms with van der Waals surface area (Å²) in [5.41, 5.74) is 7.64. The van der Waals surface area contributed by atoms with E-state index in [1.54, 1.807) is 7.11 Å². The van der Waals surface area contributed by atoms with E-state index in [-0.39, 0.29) is 6.04 Å². The van der Waals surface area contributed by atoms with Gasteiger partial charge in [0.15, 0.2) is 5.58 Å². The van der Waals surface area contributed by atoms with Crippen molar-refractivity contribution in [3.8, 4) is 5.75 Å². The van der Waals surface area contributed by atoms with Crippen molar-refractivity contribution in [3.63, 3.8) is 0 Å². The average Bonchev–Trinajstić information content (AvgIpc) is 2.79. The summed E-state index contributed by atoms with van der Waals surface area (Å²) in [7, 11) is 1.63. The van der Waals surface area contributed by atoms with Crippen LogP contribution in [-0.4, -0.2) is 12.1 Å². The zero-order valence-electron chi connectivity index (χ0n) is 10.4. The van der Waals surface area contributed by atoms with Gasteiger partial charge in [-0.2, -0.15) is 0 Å². The number of nitrogens with two attached hydrogens (primary N) is 1. The Morgan fingerprint density at radius 3 is 2.88 bits per heavy atom. The van der Waals surface area contributed by atoms with E-state index in [9.17, 15) is 0 Å². The molecule has 0 radical (unpaired) electrons. The van der Waals surface area contributed by atoms with Crippen molar-refractivity contribution in [1.82, 2.24) is 4.98 Å². The van der Waals surface area contributed by atoms with Crippen LogP contribution in [0.25, 0.3) is 11.1 Å². The molecule has 2 unspecified atom stereocenters. The highest BCUT2D eigenvalue weighted by atomic mass is 16.5. The number of hydrogen-bond donors (Lipinski definition) is 1. The van der Waals surface area contributed by atoms with Crippen molar-refractivity contribution in [2.75, 3.05) is 7.11 Å². The van der Waals surface area contributed by atoms with E-state index >= 15 is 0 Å². The summed E-state index contributed by atoms with van der Waals surface area (Å²) in [6, 6.07) is 5.41. The van der Waals surface area contributed by atoms with Gasteiger partial charge in [0.25, 0.3) is 0 Å². The zero-order valence-corrected chi connectivity index (χ0v) is 10.4. The zero-order chi connectivity index (χ0) is 12.4. The van der Waals surface area contributed by atoms with Crippen molar-refractivity contribution in [1.29, 1.82) is 0 Å². The molecule has 0 aliphatic carbocycles. The molecule has 92 valence electrons. The fraction of sp³-hybridized carbons (Fsp3) is 0.462. The third-order valence-corrected chi connectivity index (χ3v) is 3.15. The topological polar surface area (TPSA) is 61.3 Å². The van der Waals surface area contributed by atoms with E-state index in [1.807, 2.05) is 18.2 Å². The Hall–Kier alpha value is -1.55. The molecule has 0 amide bonds. The quantitative estimate of drug-likeness (QED) is 0.883. The molecular formula is C13H18N2O2. The summed E-state index contributed by atoms with van der Waals surface area (Å²) in [6.45, 7) is 4.20. The monoisotopic (exact) mass is 234 g/mol. The normalized spacial score (nSPS) is 14.8. The summed E-state index contributed by atoms with van der Waals surface area (Å²) in [5.74, 6) is 1.72. The van der Waals surface area contributed by atoms with E-state index in [0.717, 1.165) is 23.3 Å². The van der Waals surface area contributed by atoms with Gasteiger partial charge in [-0.3, -0.25) is 0 Å². The minimum Gasteiger partial charge on any atom is -0.497 e. The molecule has 0 saturated carbocycles. The number of rotatable bonds is 4. The second-order valence-electron chi connectivity index (χ2n) is 4.30. The van der Waals surface area contributed by atoms with Gasteiger partial charge in [-0.05, 0) is 18.1 Å². The van der Waals surface area contributed by atoms with Crippen LogP contribution in [0.5, 0.6) is 5.75 Å². The first-order chi connectivity index (χ1) is 8.15. The lowest BCUT2D eigenvalue weighted by Crippen LogP contribution is -2.18. The second-order valence-corrected chi connectivity index (χ2v) is 4.30. The molecule has 17 heavy (non-hydrogen) atoms. The number of methoxy groups -OCH3 is 1. The number of fused-ring (bicyclic) bond motifs is 1. The molecule has 2 rings (SSSR count). The van der Waals surface area contributed by atoms with Crippen molar-refractivity contribution in [2.45, 2.75) is 26.3 Å². The van der Waals surface area contributed by atoms with Crippen molar-refractivity contribution < 1.29 is 9.15 Å². The van der Waals surface area contributed by atoms with Gasteiger partial charge in [0.05, 0.1) is 13.2 Å². The van der Waals surface area contributed by atoms with Crippen LogP contribution in [-0.2, 0) is 0 Å². The van der Waals surface area contributed by atoms with Crippen LogP contribution in [0.1, 0.15) is 32.2 Å². The summed E-state index contributed by atoms with van der Waals surface area (Å²) < 4.78 is 10.8. The maximum atomic E-state index is 6.10. The van der Waals surface area contributed by atoms with Crippen LogP contribution < -0.4 is 10.5 Å². The van der Waals surface area contributed by atoms with E-state index in [0.29, 0.717) is 11.8 Å². The first-order valence-corrected chi connectivity index (χ1v) is 5.85. The lowest BCUT2D eigenvalue weighted by Gasteiger charge is -2.13. The average molecular weight is 234 g/mol. The van der Waals surface area contributed by atoms with Crippen LogP contribution in [0.4, 0.5) is 0 Å². The molecule has 4 nitrogen and oxygen atoms in total. The molecule has 0 aliphatic rings. The fourth-order valence-corrected chi connectivity index (χ4v) is 1.69. The molecule has 0 aliphatic heterocycles. The molecular weight excluding hydrogens is 216 g/mol. The van der Waals surface area contributed by atoms with Crippen LogP contribution >= 0.6 is 0 Å². The summed E-state index contributed by atoms with van der Waals surface area (Å²) in [4.78, 5) is 4.42. The molecule has 1 aromatic heterocycles. The van der Waals surface area contributed by atoms with Gasteiger partial charge in [-0.15, -0.1) is 0 Å². The minimum atomic E-state index is -0.154. The number of nitrogens with zero attached hydrogens (tertiary/aromatic N) is 1. The Labute approximate surface area is 101 Å². The molecule has 4 heteroatoms. The largest absolute Gasteiger partial charge is 0.497 e. The standard InChI is InChI=1S/C13H18N2O2/c1-4-8(2)12(14)13-15-10-7-9(16-3)5-6-11(10)17-13/h5-8,12H,4,14H2,1-3H3. The number of oxazole rings is 1. The van der Waals surface area contributed by atoms with Crippen molar-refractivity contribution >= 4 is 11.1 Å². The van der Waals surface area contributed by atoms with Crippen LogP contribution in [0, 0.1) is 5.92 Å². The SMILES string of the molecule is CCC(C)C(N)c1nc2cc(OC)ccc2o1. The number of aromatic nitrogens is 1. The van der Waals surface area contributed by atoms with Gasteiger partial charge in [0.1, 0.15) is 11.3 Å². The number of hydrogen-bond acceptors (Lipinski definition) is 4. The Kier molecular flexibility index (Phi) is 3.33. The highest BCUT2D eigenvalue weighted by molar-refractivity contribution is 5.74. The van der Waals surface area contributed by atoms with Gasteiger partial charge in [-0.25, -0.2) is 4.98 Å². The molecule has 1 heterocycles. The third-order valence-electron chi connectivity index (χ3n) is 3.15. The molecule has 0 spiro atoms. The molecule has 2 N–H and O–H groups in total. The minimum absolute atomic E-state index is 0.154. The fourth-order valence-electron chi connectivity index (χ4n) is 1.69. The maximum Gasteiger partial charge on any atom is 0.212 e. The smallest absolute Gasteiger partial charge is 0.212 e. The van der Waals surface area contributed by atoms with Gasteiger partial charge < -0.3 is 14.9 Å². The number of ether oxygens (including phenoxy) is 1. The summed E-state index contributed by atoms with van der Waals surface area (Å²) >= 11 is 0. The first-order valence-electron chi connectivity index (χ1n) is 5.85. The lowest BCUT2D eigenvalue weighted by molar-refractivity contribution is 0.375. The Bertz CT molecular complexity index is 507. The van der Waals surface area contributed by atoms with Gasteiger partial charge in [-0.1, -0.05) is 20.3 Å². The molecule has 0 bridgehead atoms. The molecule has 0 fully saturated rings. The highest BCUT2D eigenvalue weighted by Gasteiger charge is 2.19. The van der Waals surface area contributed by atoms with Crippen molar-refractivity contribution in [2.24, 2.45) is 11.7 Å². The predicted octanol–water partition coefficient (Wildman–Crippen LogP) is 2.88.